The number of ether oxygens (including phenoxy) is 2. The summed E-state index contributed by atoms with van der Waals surface area (Å²) >= 11 is 0. The Balaban J connectivity index is 1.31. The number of fused-ring (bicyclic) bond motifs is 6. The van der Waals surface area contributed by atoms with Crippen LogP contribution < -0.4 is 10.6 Å². The Hall–Kier alpha value is -2.58. The molecule has 0 radical (unpaired) electrons. The number of esters is 2. The van der Waals surface area contributed by atoms with E-state index in [0.29, 0.717) is 11.8 Å². The number of nitrogens with one attached hydrogen (secondary N) is 2. The molecule has 0 aromatic carbocycles. The summed E-state index contributed by atoms with van der Waals surface area (Å²) < 4.78 is 12.3. The highest BCUT2D eigenvalue weighted by Crippen LogP contribution is 2.71. The molecule has 42 heavy (non-hydrogen) atoms. The van der Waals surface area contributed by atoms with E-state index in [1.165, 1.54) is 16.7 Å². The van der Waals surface area contributed by atoms with Crippen LogP contribution in [0.1, 0.15) is 65.2 Å². The minimum Gasteiger partial charge on any atom is -0.427 e. The highest BCUT2D eigenvalue weighted by atomic mass is 33.1. The quantitative estimate of drug-likeness (QED) is 0.266. The van der Waals surface area contributed by atoms with Gasteiger partial charge >= 0.3 is 11.9 Å². The van der Waals surface area contributed by atoms with Gasteiger partial charge in [0.1, 0.15) is 22.7 Å². The van der Waals surface area contributed by atoms with Crippen molar-refractivity contribution < 1.29 is 19.1 Å². The molecule has 1 saturated carbocycles. The van der Waals surface area contributed by atoms with Gasteiger partial charge in [-0.05, 0) is 80.4 Å². The Labute approximate surface area is 255 Å². The van der Waals surface area contributed by atoms with E-state index in [1.807, 2.05) is 21.6 Å². The van der Waals surface area contributed by atoms with Crippen LogP contribution in [0.2, 0.25) is 0 Å². The normalized spacial score (nSPS) is 38.9. The van der Waals surface area contributed by atoms with Crippen molar-refractivity contribution in [2.24, 2.45) is 29.1 Å². The van der Waals surface area contributed by atoms with E-state index in [9.17, 15) is 9.59 Å². The second-order valence-electron chi connectivity index (χ2n) is 13.0. The lowest BCUT2D eigenvalue weighted by Gasteiger charge is -2.56. The van der Waals surface area contributed by atoms with Gasteiger partial charge in [0, 0.05) is 34.9 Å². The fourth-order valence-corrected chi connectivity index (χ4v) is 11.5. The average molecular weight is 603 g/mol. The van der Waals surface area contributed by atoms with Gasteiger partial charge in [-0.25, -0.2) is 9.59 Å². The summed E-state index contributed by atoms with van der Waals surface area (Å²) in [6.45, 7) is 5.19. The van der Waals surface area contributed by atoms with Crippen molar-refractivity contribution in [3.63, 3.8) is 0 Å². The molecule has 6 nitrogen and oxygen atoms in total. The molecule has 220 valence electrons. The van der Waals surface area contributed by atoms with E-state index in [2.05, 4.69) is 54.9 Å². The Kier molecular flexibility index (Phi) is 6.60. The minimum atomic E-state index is -0.582. The second kappa shape index (κ2) is 10.3. The van der Waals surface area contributed by atoms with Crippen LogP contribution in [-0.4, -0.2) is 29.6 Å². The highest BCUT2D eigenvalue weighted by molar-refractivity contribution is 8.77. The van der Waals surface area contributed by atoms with Crippen LogP contribution in [0.4, 0.5) is 0 Å². The molecule has 9 bridgehead atoms. The minimum absolute atomic E-state index is 0.0654. The largest absolute Gasteiger partial charge is 0.427 e. The van der Waals surface area contributed by atoms with Gasteiger partial charge in [-0.2, -0.15) is 0 Å². The van der Waals surface area contributed by atoms with Gasteiger partial charge in [0.15, 0.2) is 0 Å². The Bertz CT molecular complexity index is 1500. The third kappa shape index (κ3) is 3.93. The van der Waals surface area contributed by atoms with Gasteiger partial charge in [-0.3, -0.25) is 0 Å². The molecule has 6 heterocycles. The lowest BCUT2D eigenvalue weighted by atomic mass is 9.44. The molecule has 4 aliphatic carbocycles. The van der Waals surface area contributed by atoms with Crippen molar-refractivity contribution in [1.29, 1.82) is 0 Å². The van der Waals surface area contributed by atoms with Crippen molar-refractivity contribution in [3.8, 4) is 0 Å². The number of cyclic esters (lactones) is 1. The van der Waals surface area contributed by atoms with Crippen LogP contribution in [0, 0.1) is 29.1 Å². The van der Waals surface area contributed by atoms with E-state index in [4.69, 9.17) is 9.47 Å². The maximum atomic E-state index is 14.0. The first kappa shape index (κ1) is 27.0. The second-order valence-corrected chi connectivity index (χ2v) is 15.6. The molecule has 0 aromatic heterocycles. The molecule has 8 heteroatoms. The third-order valence-electron chi connectivity index (χ3n) is 10.7. The molecule has 0 amide bonds. The summed E-state index contributed by atoms with van der Waals surface area (Å²) in [5.41, 5.74) is 5.93. The molecule has 2 N–H and O–H groups in total. The monoisotopic (exact) mass is 602 g/mol. The molecule has 0 aromatic rings. The van der Waals surface area contributed by atoms with Gasteiger partial charge in [-0.1, -0.05) is 65.7 Å². The predicted octanol–water partition coefficient (Wildman–Crippen LogP) is 6.74. The van der Waals surface area contributed by atoms with Crippen molar-refractivity contribution in [2.75, 3.05) is 12.3 Å². The van der Waals surface area contributed by atoms with Crippen LogP contribution in [0.3, 0.4) is 0 Å². The molecule has 1 saturated heterocycles. The molecular weight excluding hydrogens is 565 g/mol. The van der Waals surface area contributed by atoms with Crippen molar-refractivity contribution in [3.05, 3.63) is 81.2 Å². The van der Waals surface area contributed by atoms with Crippen molar-refractivity contribution in [1.82, 2.24) is 10.6 Å². The van der Waals surface area contributed by atoms with Crippen LogP contribution in [0.5, 0.6) is 0 Å². The Morgan fingerprint density at radius 3 is 2.95 bits per heavy atom. The molecule has 10 rings (SSSR count). The summed E-state index contributed by atoms with van der Waals surface area (Å²) in [5, 5.41) is 7.49. The predicted molar refractivity (Wildman–Crippen MR) is 166 cm³/mol. The highest BCUT2D eigenvalue weighted by Gasteiger charge is 2.68. The average Bonchev–Trinajstić information content (AvgIpc) is 3.48. The standard InChI is InChI=1S/C34H38N2O4S2/c1-3-4-5-25-23-8-7-22-21-12-14-34(29(22)28(23)32(37)39-25)26-10-6-18(2)17-41-42-27-11-9-20-19(13-15-35-31(20)36-27)16-24(21)30(34)33(38)40-26/h5,9-11,13,18,21-22,27,29,35-36H,3-4,6-8,12,14-17H2,1-2H3/b25-5-,26-10-/t18-,21-,22-,27+,29+,34-/m0/s1. The van der Waals surface area contributed by atoms with Crippen molar-refractivity contribution >= 4 is 33.5 Å². The third-order valence-corrected chi connectivity index (χ3v) is 13.4. The Morgan fingerprint density at radius 2 is 2.07 bits per heavy atom. The summed E-state index contributed by atoms with van der Waals surface area (Å²) in [6, 6.07) is 0. The maximum absolute atomic E-state index is 14.0. The van der Waals surface area contributed by atoms with Crippen LogP contribution in [0.15, 0.2) is 81.2 Å². The number of allylic oxidation sites excluding steroid dienone is 8. The number of hydrogen-bond donors (Lipinski definition) is 2. The number of carbonyl (C=O) groups excluding carboxylic acids is 2. The summed E-state index contributed by atoms with van der Waals surface area (Å²) in [6.07, 6.45) is 18.4. The fraction of sp³-hybridized carbons (Fsp3) is 0.529. The van der Waals surface area contributed by atoms with Crippen molar-refractivity contribution in [2.45, 2.75) is 70.6 Å². The number of carbonyl (C=O) groups is 2. The SMILES string of the molecule is CCC/C=C1\OC(=O)C2=C1CC[C@H]1[C@@H]3CC[C@@]4(C5=C3CC3=CCNC6=C3C=C[C@H](N6)SSC[C@@H](C)C/C=C/4OC5=O)[C@@H]21. The summed E-state index contributed by atoms with van der Waals surface area (Å²) in [5.74, 6) is 4.20. The maximum Gasteiger partial charge on any atom is 0.340 e. The zero-order valence-corrected chi connectivity index (χ0v) is 25.9. The number of rotatable bonds is 2. The number of hydrogen-bond acceptors (Lipinski definition) is 8. The van der Waals surface area contributed by atoms with Gasteiger partial charge in [0.2, 0.25) is 0 Å². The van der Waals surface area contributed by atoms with Gasteiger partial charge < -0.3 is 20.1 Å². The van der Waals surface area contributed by atoms with Gasteiger partial charge in [0.05, 0.1) is 11.0 Å². The first-order valence-corrected chi connectivity index (χ1v) is 18.1. The summed E-state index contributed by atoms with van der Waals surface area (Å²) in [7, 11) is 3.76. The van der Waals surface area contributed by atoms with Crippen LogP contribution >= 0.6 is 21.6 Å². The first-order chi connectivity index (χ1) is 20.5. The molecule has 0 unspecified atom stereocenters. The molecule has 1 spiro atoms. The number of unbranched alkanes of at least 4 members (excludes halogenated alkanes) is 1. The first-order valence-electron chi connectivity index (χ1n) is 15.7. The molecule has 6 aliphatic heterocycles. The number of dihydropyridines is 2. The molecule has 6 atom stereocenters. The van der Waals surface area contributed by atoms with Crippen LogP contribution in [-0.2, 0) is 19.1 Å². The van der Waals surface area contributed by atoms with Crippen LogP contribution in [0.25, 0.3) is 0 Å². The topological polar surface area (TPSA) is 76.7 Å². The smallest absolute Gasteiger partial charge is 0.340 e. The van der Waals surface area contributed by atoms with E-state index < -0.39 is 5.41 Å². The lowest BCUT2D eigenvalue weighted by molar-refractivity contribution is -0.135. The summed E-state index contributed by atoms with van der Waals surface area (Å²) in [4.78, 5) is 27.7. The van der Waals surface area contributed by atoms with Gasteiger partial charge in [-0.15, -0.1) is 0 Å². The van der Waals surface area contributed by atoms with E-state index in [-0.39, 0.29) is 29.1 Å². The molecular formula is C34H38N2O4S2. The zero-order valence-electron chi connectivity index (χ0n) is 24.3. The van der Waals surface area contributed by atoms with E-state index in [0.717, 1.165) is 97.7 Å². The van der Waals surface area contributed by atoms with E-state index in [1.54, 1.807) is 0 Å². The zero-order chi connectivity index (χ0) is 28.6. The molecule has 2 fully saturated rings. The Morgan fingerprint density at radius 1 is 1.17 bits per heavy atom. The molecule has 10 aliphatic rings. The lowest BCUT2D eigenvalue weighted by Crippen LogP contribution is -2.52. The van der Waals surface area contributed by atoms with Gasteiger partial charge in [0.25, 0.3) is 0 Å². The van der Waals surface area contributed by atoms with E-state index >= 15 is 0 Å². The fourth-order valence-electron chi connectivity index (χ4n) is 8.93.